The Kier molecular flexibility index (Phi) is 4.32. The van der Waals surface area contributed by atoms with Crippen molar-refractivity contribution in [1.29, 1.82) is 0 Å². The number of carbonyl (C=O) groups excluding carboxylic acids is 1. The van der Waals surface area contributed by atoms with Crippen LogP contribution in [-0.2, 0) is 11.3 Å². The molecule has 1 fully saturated rings. The summed E-state index contributed by atoms with van der Waals surface area (Å²) in [6, 6.07) is 7.23. The quantitative estimate of drug-likeness (QED) is 0.865. The predicted molar refractivity (Wildman–Crippen MR) is 79.8 cm³/mol. The molecule has 0 bridgehead atoms. The van der Waals surface area contributed by atoms with Gasteiger partial charge in [-0.2, -0.15) is 0 Å². The fourth-order valence-electron chi connectivity index (χ4n) is 3.08. The van der Waals surface area contributed by atoms with Gasteiger partial charge in [0.25, 0.3) is 0 Å². The summed E-state index contributed by atoms with van der Waals surface area (Å²) in [6.45, 7) is 5.69. The average molecular weight is 290 g/mol. The van der Waals surface area contributed by atoms with Gasteiger partial charge in [0.15, 0.2) is 0 Å². The first-order valence-electron chi connectivity index (χ1n) is 7.20. The second-order valence-electron chi connectivity index (χ2n) is 6.10. The van der Waals surface area contributed by atoms with E-state index >= 15 is 0 Å². The van der Waals surface area contributed by atoms with Crippen molar-refractivity contribution in [2.75, 3.05) is 13.1 Å². The Balaban J connectivity index is 2.17. The Bertz CT molecular complexity index is 556. The van der Waals surface area contributed by atoms with E-state index in [2.05, 4.69) is 4.90 Å². The highest BCUT2D eigenvalue weighted by Crippen LogP contribution is 2.38. The highest BCUT2D eigenvalue weighted by molar-refractivity contribution is 5.94. The molecule has 21 heavy (non-hydrogen) atoms. The molecule has 5 nitrogen and oxygen atoms in total. The van der Waals surface area contributed by atoms with Crippen LogP contribution in [0.2, 0.25) is 0 Å². The molecule has 2 rings (SSSR count). The molecule has 1 atom stereocenters. The lowest BCUT2D eigenvalue weighted by Crippen LogP contribution is -2.39. The maximum atomic E-state index is 11.6. The van der Waals surface area contributed by atoms with E-state index in [0.29, 0.717) is 25.1 Å². The van der Waals surface area contributed by atoms with Crippen LogP contribution < -0.4 is 5.73 Å². The van der Waals surface area contributed by atoms with Gasteiger partial charge in [-0.1, -0.05) is 32.0 Å². The second-order valence-corrected chi connectivity index (χ2v) is 6.10. The van der Waals surface area contributed by atoms with Crippen molar-refractivity contribution in [3.8, 4) is 0 Å². The van der Waals surface area contributed by atoms with E-state index in [1.54, 1.807) is 12.1 Å². The third-order valence-electron chi connectivity index (χ3n) is 4.59. The normalized spacial score (nSPS) is 22.6. The average Bonchev–Trinajstić information content (AvgIpc) is 2.84. The summed E-state index contributed by atoms with van der Waals surface area (Å²) in [5.74, 6) is -1.10. The minimum absolute atomic E-state index is 0.0754. The van der Waals surface area contributed by atoms with Crippen LogP contribution in [0, 0.1) is 11.3 Å². The van der Waals surface area contributed by atoms with Gasteiger partial charge in [-0.15, -0.1) is 0 Å². The summed E-state index contributed by atoms with van der Waals surface area (Å²) in [4.78, 5) is 25.2. The number of hydrogen-bond acceptors (Lipinski definition) is 3. The van der Waals surface area contributed by atoms with Gasteiger partial charge in [0.05, 0.1) is 5.41 Å². The fourth-order valence-corrected chi connectivity index (χ4v) is 3.08. The van der Waals surface area contributed by atoms with Crippen molar-refractivity contribution >= 4 is 11.9 Å². The largest absolute Gasteiger partial charge is 0.481 e. The zero-order valence-electron chi connectivity index (χ0n) is 12.5. The molecule has 1 aliphatic rings. The van der Waals surface area contributed by atoms with Gasteiger partial charge < -0.3 is 10.8 Å². The number of benzene rings is 1. The number of carboxylic acid groups (broad SMARTS) is 1. The predicted octanol–water partition coefficient (Wildman–Crippen LogP) is 1.72. The van der Waals surface area contributed by atoms with Crippen LogP contribution in [0.15, 0.2) is 24.3 Å². The third-order valence-corrected chi connectivity index (χ3v) is 4.59. The van der Waals surface area contributed by atoms with Crippen molar-refractivity contribution in [2.24, 2.45) is 17.1 Å². The molecule has 1 unspecified atom stereocenters. The van der Waals surface area contributed by atoms with E-state index < -0.39 is 17.3 Å². The SMILES string of the molecule is CC(C)C1(C(=O)O)CCN(Cc2ccccc2C(N)=O)C1. The molecule has 0 aliphatic carbocycles. The number of carbonyl (C=O) groups is 2. The Hall–Kier alpha value is -1.88. The number of nitrogens with two attached hydrogens (primary N) is 1. The van der Waals surface area contributed by atoms with E-state index in [4.69, 9.17) is 5.73 Å². The zero-order valence-corrected chi connectivity index (χ0v) is 12.5. The number of hydrogen-bond donors (Lipinski definition) is 2. The van der Waals surface area contributed by atoms with Gasteiger partial charge in [-0.05, 0) is 30.5 Å². The third kappa shape index (κ3) is 2.93. The molecule has 0 aromatic heterocycles. The zero-order chi connectivity index (χ0) is 15.6. The molecule has 0 saturated carbocycles. The van der Waals surface area contributed by atoms with Gasteiger partial charge in [-0.25, -0.2) is 0 Å². The number of amides is 1. The Morgan fingerprint density at radius 1 is 1.38 bits per heavy atom. The van der Waals surface area contributed by atoms with E-state index in [9.17, 15) is 14.7 Å². The molecular weight excluding hydrogens is 268 g/mol. The van der Waals surface area contributed by atoms with Crippen LogP contribution in [0.3, 0.4) is 0 Å². The van der Waals surface area contributed by atoms with Gasteiger partial charge in [-0.3, -0.25) is 14.5 Å². The molecule has 114 valence electrons. The summed E-state index contributed by atoms with van der Waals surface area (Å²) < 4.78 is 0. The van der Waals surface area contributed by atoms with E-state index in [-0.39, 0.29) is 5.92 Å². The number of carboxylic acids is 1. The molecule has 1 aliphatic heterocycles. The van der Waals surface area contributed by atoms with Crippen molar-refractivity contribution < 1.29 is 14.7 Å². The number of rotatable bonds is 5. The van der Waals surface area contributed by atoms with E-state index in [1.807, 2.05) is 26.0 Å². The lowest BCUT2D eigenvalue weighted by atomic mass is 9.76. The molecule has 0 radical (unpaired) electrons. The molecule has 1 aromatic rings. The lowest BCUT2D eigenvalue weighted by molar-refractivity contribution is -0.151. The highest BCUT2D eigenvalue weighted by Gasteiger charge is 2.47. The van der Waals surface area contributed by atoms with Crippen molar-refractivity contribution in [1.82, 2.24) is 4.90 Å². The first-order chi connectivity index (χ1) is 9.86. The first-order valence-corrected chi connectivity index (χ1v) is 7.20. The summed E-state index contributed by atoms with van der Waals surface area (Å²) in [7, 11) is 0. The van der Waals surface area contributed by atoms with Crippen LogP contribution in [0.1, 0.15) is 36.2 Å². The van der Waals surface area contributed by atoms with E-state index in [0.717, 1.165) is 12.1 Å². The molecule has 1 heterocycles. The van der Waals surface area contributed by atoms with Gasteiger partial charge in [0, 0.05) is 18.7 Å². The van der Waals surface area contributed by atoms with Crippen molar-refractivity contribution in [3.05, 3.63) is 35.4 Å². The Morgan fingerprint density at radius 3 is 2.57 bits per heavy atom. The van der Waals surface area contributed by atoms with Crippen molar-refractivity contribution in [2.45, 2.75) is 26.8 Å². The second kappa shape index (κ2) is 5.85. The first kappa shape index (κ1) is 15.5. The van der Waals surface area contributed by atoms with E-state index in [1.165, 1.54) is 0 Å². The fraction of sp³-hybridized carbons (Fsp3) is 0.500. The smallest absolute Gasteiger partial charge is 0.311 e. The maximum Gasteiger partial charge on any atom is 0.311 e. The molecule has 5 heteroatoms. The standard InChI is InChI=1S/C16H22N2O3/c1-11(2)16(15(20)21)7-8-18(10-16)9-12-5-3-4-6-13(12)14(17)19/h3-6,11H,7-10H2,1-2H3,(H2,17,19)(H,20,21). The number of aliphatic carboxylic acids is 1. The molecule has 1 saturated heterocycles. The molecule has 0 spiro atoms. The topological polar surface area (TPSA) is 83.6 Å². The Morgan fingerprint density at radius 2 is 2.05 bits per heavy atom. The minimum Gasteiger partial charge on any atom is -0.481 e. The summed E-state index contributed by atoms with van der Waals surface area (Å²) in [6.07, 6.45) is 0.638. The minimum atomic E-state index is -0.733. The van der Waals surface area contributed by atoms with Crippen LogP contribution >= 0.6 is 0 Å². The monoisotopic (exact) mass is 290 g/mol. The van der Waals surface area contributed by atoms with Crippen LogP contribution in [0.5, 0.6) is 0 Å². The summed E-state index contributed by atoms with van der Waals surface area (Å²) >= 11 is 0. The summed E-state index contributed by atoms with van der Waals surface area (Å²) in [5.41, 5.74) is 6.06. The van der Waals surface area contributed by atoms with Gasteiger partial charge in [0.2, 0.25) is 5.91 Å². The van der Waals surface area contributed by atoms with Crippen molar-refractivity contribution in [3.63, 3.8) is 0 Å². The lowest BCUT2D eigenvalue weighted by Gasteiger charge is -2.29. The van der Waals surface area contributed by atoms with Crippen LogP contribution in [0.25, 0.3) is 0 Å². The maximum absolute atomic E-state index is 11.6. The molecule has 1 aromatic carbocycles. The number of likely N-dealkylation sites (tertiary alicyclic amines) is 1. The summed E-state index contributed by atoms with van der Waals surface area (Å²) in [5, 5.41) is 9.56. The molecular formula is C16H22N2O3. The van der Waals surface area contributed by atoms with Crippen LogP contribution in [-0.4, -0.2) is 35.0 Å². The number of nitrogens with zero attached hydrogens (tertiary/aromatic N) is 1. The number of primary amides is 1. The van der Waals surface area contributed by atoms with Gasteiger partial charge in [0.1, 0.15) is 0 Å². The molecule has 1 amide bonds. The molecule has 3 N–H and O–H groups in total. The van der Waals surface area contributed by atoms with Gasteiger partial charge >= 0.3 is 5.97 Å². The highest BCUT2D eigenvalue weighted by atomic mass is 16.4. The van der Waals surface area contributed by atoms with Crippen LogP contribution in [0.4, 0.5) is 0 Å². The Labute approximate surface area is 124 Å².